The molecule has 8 N–H and O–H groups in total. The van der Waals surface area contributed by atoms with Gasteiger partial charge in [0.25, 0.3) is 0 Å². The highest BCUT2D eigenvalue weighted by atomic mass is 16.6. The zero-order chi connectivity index (χ0) is 20.1. The lowest BCUT2D eigenvalue weighted by atomic mass is 10.1. The zero-order valence-electron chi connectivity index (χ0n) is 14.1. The Balaban J connectivity index is 1.97. The number of nitrogens with one attached hydrogen (secondary N) is 1. The highest BCUT2D eigenvalue weighted by Gasteiger charge is 2.44. The number of aromatic nitrogens is 2. The van der Waals surface area contributed by atoms with E-state index in [1.807, 2.05) is 0 Å². The molecule has 1 aliphatic heterocycles. The first-order valence-electron chi connectivity index (χ1n) is 7.96. The molecule has 0 aliphatic carbocycles. The van der Waals surface area contributed by atoms with Gasteiger partial charge in [-0.25, -0.2) is 4.79 Å². The van der Waals surface area contributed by atoms with Gasteiger partial charge in [-0.2, -0.15) is 4.98 Å². The number of nitrogens with zero attached hydrogens (tertiary/aromatic N) is 2. The van der Waals surface area contributed by atoms with Gasteiger partial charge in [0.05, 0.1) is 0 Å². The lowest BCUT2D eigenvalue weighted by Gasteiger charge is -2.17. The smallest absolute Gasteiger partial charge is 0.351 e. The van der Waals surface area contributed by atoms with Crippen LogP contribution in [0.5, 0.6) is 0 Å². The second kappa shape index (κ2) is 8.88. The van der Waals surface area contributed by atoms with E-state index in [4.69, 9.17) is 26.1 Å². The molecule has 1 aromatic rings. The van der Waals surface area contributed by atoms with E-state index in [9.17, 15) is 24.6 Å². The van der Waals surface area contributed by atoms with Crippen LogP contribution < -0.4 is 22.6 Å². The third-order valence-electron chi connectivity index (χ3n) is 3.95. The van der Waals surface area contributed by atoms with Crippen LogP contribution in [-0.2, 0) is 19.1 Å². The zero-order valence-corrected chi connectivity index (χ0v) is 14.1. The van der Waals surface area contributed by atoms with Crippen LogP contribution in [0.3, 0.4) is 0 Å². The van der Waals surface area contributed by atoms with E-state index in [0.29, 0.717) is 0 Å². The molecule has 2 heterocycles. The number of primary amides is 1. The summed E-state index contributed by atoms with van der Waals surface area (Å²) in [5.74, 6) is -1.55. The fourth-order valence-corrected chi connectivity index (χ4v) is 2.45. The molecule has 13 heteroatoms. The van der Waals surface area contributed by atoms with Crippen molar-refractivity contribution in [2.45, 2.75) is 43.4 Å². The van der Waals surface area contributed by atoms with Crippen LogP contribution >= 0.6 is 0 Å². The molecule has 0 unspecified atom stereocenters. The predicted molar refractivity (Wildman–Crippen MR) is 87.2 cm³/mol. The van der Waals surface area contributed by atoms with E-state index in [0.717, 1.165) is 4.57 Å². The molecule has 2 rings (SSSR count). The SMILES string of the molecule is NC(=O)CC[C@@H](N)C(=O)OC[C@H]1O[C@@H](n2ccc(NO)nc2=O)[C@H](O)[C@@H]1O. The number of aliphatic hydroxyl groups excluding tert-OH is 2. The average molecular weight is 387 g/mol. The fraction of sp³-hybridized carbons (Fsp3) is 0.571. The Morgan fingerprint density at radius 2 is 2.11 bits per heavy atom. The third kappa shape index (κ3) is 4.99. The van der Waals surface area contributed by atoms with Gasteiger partial charge in [0, 0.05) is 12.6 Å². The number of esters is 1. The van der Waals surface area contributed by atoms with Gasteiger partial charge < -0.3 is 31.2 Å². The first-order valence-corrected chi connectivity index (χ1v) is 7.96. The average Bonchev–Trinajstić information content (AvgIpc) is 2.92. The van der Waals surface area contributed by atoms with Gasteiger partial charge in [-0.1, -0.05) is 0 Å². The molecule has 1 fully saturated rings. The predicted octanol–water partition coefficient (Wildman–Crippen LogP) is -3.20. The summed E-state index contributed by atoms with van der Waals surface area (Å²) in [4.78, 5) is 37.9. The molecule has 150 valence electrons. The number of anilines is 1. The number of amides is 1. The van der Waals surface area contributed by atoms with Gasteiger partial charge in [-0.3, -0.25) is 24.8 Å². The van der Waals surface area contributed by atoms with E-state index in [-0.39, 0.29) is 18.7 Å². The molecule has 1 saturated heterocycles. The van der Waals surface area contributed by atoms with Gasteiger partial charge >= 0.3 is 11.7 Å². The van der Waals surface area contributed by atoms with E-state index in [2.05, 4.69) is 4.98 Å². The first kappa shape index (κ1) is 20.7. The third-order valence-corrected chi connectivity index (χ3v) is 3.95. The van der Waals surface area contributed by atoms with E-state index in [1.54, 1.807) is 5.48 Å². The molecule has 1 amide bonds. The number of carbonyl (C=O) groups is 2. The van der Waals surface area contributed by atoms with Crippen LogP contribution in [0.1, 0.15) is 19.1 Å². The van der Waals surface area contributed by atoms with Crippen LogP contribution in [0, 0.1) is 0 Å². The Bertz CT molecular complexity index is 740. The molecule has 0 spiro atoms. The number of aliphatic hydroxyl groups is 2. The summed E-state index contributed by atoms with van der Waals surface area (Å²) in [5.41, 5.74) is 11.4. The summed E-state index contributed by atoms with van der Waals surface area (Å²) >= 11 is 0. The molecule has 0 saturated carbocycles. The Labute approximate surface area is 152 Å². The maximum atomic E-state index is 11.9. The number of nitrogens with two attached hydrogens (primary N) is 2. The van der Waals surface area contributed by atoms with E-state index >= 15 is 0 Å². The van der Waals surface area contributed by atoms with Crippen molar-refractivity contribution in [3.05, 3.63) is 22.7 Å². The summed E-state index contributed by atoms with van der Waals surface area (Å²) in [5, 5.41) is 28.9. The standard InChI is InChI=1S/C14H21N5O8/c15-6(1-2-8(16)20)13(23)26-5-7-10(21)11(22)12(27-7)19-4-3-9(18-25)17-14(19)24/h3-4,6-7,10-12,21-22,25H,1-2,5,15H2,(H2,16,20)(H,17,18,24)/t6-,7-,10-,11-,12-/m1/s1. The summed E-state index contributed by atoms with van der Waals surface area (Å²) < 4.78 is 11.2. The molecule has 0 aromatic carbocycles. The molecule has 1 aromatic heterocycles. The quantitative estimate of drug-likeness (QED) is 0.193. The largest absolute Gasteiger partial charge is 0.462 e. The topological polar surface area (TPSA) is 212 Å². The van der Waals surface area contributed by atoms with Crippen molar-refractivity contribution in [2.24, 2.45) is 11.5 Å². The van der Waals surface area contributed by atoms with Crippen molar-refractivity contribution in [1.82, 2.24) is 9.55 Å². The van der Waals surface area contributed by atoms with Crippen LogP contribution in [-0.4, -0.2) is 67.8 Å². The molecule has 0 bridgehead atoms. The highest BCUT2D eigenvalue weighted by molar-refractivity contribution is 5.78. The lowest BCUT2D eigenvalue weighted by Crippen LogP contribution is -2.38. The molecule has 13 nitrogen and oxygen atoms in total. The van der Waals surface area contributed by atoms with Crippen molar-refractivity contribution in [3.63, 3.8) is 0 Å². The minimum absolute atomic E-state index is 0.000200. The Morgan fingerprint density at radius 3 is 2.70 bits per heavy atom. The van der Waals surface area contributed by atoms with Gasteiger partial charge in [0.15, 0.2) is 12.0 Å². The van der Waals surface area contributed by atoms with Crippen LogP contribution in [0.15, 0.2) is 17.1 Å². The number of ether oxygens (including phenoxy) is 2. The fourth-order valence-electron chi connectivity index (χ4n) is 2.45. The lowest BCUT2D eigenvalue weighted by molar-refractivity contribution is -0.151. The summed E-state index contributed by atoms with van der Waals surface area (Å²) in [6, 6.07) is 0.164. The minimum Gasteiger partial charge on any atom is -0.462 e. The van der Waals surface area contributed by atoms with Crippen LogP contribution in [0.25, 0.3) is 0 Å². The maximum absolute atomic E-state index is 11.9. The molecular formula is C14H21N5O8. The molecule has 0 radical (unpaired) electrons. The monoisotopic (exact) mass is 387 g/mol. The molecule has 5 atom stereocenters. The molecule has 1 aliphatic rings. The highest BCUT2D eigenvalue weighted by Crippen LogP contribution is 2.28. The Kier molecular flexibility index (Phi) is 6.81. The van der Waals surface area contributed by atoms with Gasteiger partial charge in [0.1, 0.15) is 31.0 Å². The van der Waals surface area contributed by atoms with Crippen molar-refractivity contribution >= 4 is 17.7 Å². The van der Waals surface area contributed by atoms with Crippen LogP contribution in [0.2, 0.25) is 0 Å². The van der Waals surface area contributed by atoms with Crippen molar-refractivity contribution < 1.29 is 34.5 Å². The van der Waals surface area contributed by atoms with Gasteiger partial charge in [-0.15, -0.1) is 0 Å². The number of carbonyl (C=O) groups excluding carboxylic acids is 2. The van der Waals surface area contributed by atoms with Gasteiger partial charge in [0.2, 0.25) is 5.91 Å². The Morgan fingerprint density at radius 1 is 1.41 bits per heavy atom. The van der Waals surface area contributed by atoms with Crippen molar-refractivity contribution in [2.75, 3.05) is 12.1 Å². The number of hydrogen-bond acceptors (Lipinski definition) is 11. The second-order valence-corrected chi connectivity index (χ2v) is 5.90. The van der Waals surface area contributed by atoms with Crippen molar-refractivity contribution in [1.29, 1.82) is 0 Å². The maximum Gasteiger partial charge on any atom is 0.351 e. The van der Waals surface area contributed by atoms with Gasteiger partial charge in [-0.05, 0) is 12.5 Å². The van der Waals surface area contributed by atoms with Crippen LogP contribution in [0.4, 0.5) is 5.82 Å². The van der Waals surface area contributed by atoms with E-state index < -0.39 is 54.8 Å². The molecule has 27 heavy (non-hydrogen) atoms. The van der Waals surface area contributed by atoms with E-state index in [1.165, 1.54) is 12.3 Å². The summed E-state index contributed by atoms with van der Waals surface area (Å²) in [6.45, 7) is -0.434. The minimum atomic E-state index is -1.50. The summed E-state index contributed by atoms with van der Waals surface area (Å²) in [7, 11) is 0. The Hall–Kier alpha value is -2.58. The summed E-state index contributed by atoms with van der Waals surface area (Å²) in [6.07, 6.45) is -4.24. The number of rotatable bonds is 8. The molecular weight excluding hydrogens is 366 g/mol. The van der Waals surface area contributed by atoms with Crippen molar-refractivity contribution in [3.8, 4) is 0 Å². The first-order chi connectivity index (χ1) is 12.7. The second-order valence-electron chi connectivity index (χ2n) is 5.90. The normalized spacial score (nSPS) is 25.8. The number of hydrogen-bond donors (Lipinski definition) is 6.